The van der Waals surface area contributed by atoms with E-state index < -0.39 is 36.0 Å². The van der Waals surface area contributed by atoms with Crippen molar-refractivity contribution >= 4 is 11.8 Å². The maximum atomic E-state index is 12.4. The van der Waals surface area contributed by atoms with Crippen LogP contribution in [0.4, 0.5) is 13.2 Å². The van der Waals surface area contributed by atoms with E-state index in [-0.39, 0.29) is 0 Å². The number of benzene rings is 1. The van der Waals surface area contributed by atoms with Crippen molar-refractivity contribution in [2.45, 2.75) is 6.18 Å². The first-order valence-corrected chi connectivity index (χ1v) is 6.32. The van der Waals surface area contributed by atoms with Gasteiger partial charge in [-0.3, -0.25) is 4.79 Å². The second kappa shape index (κ2) is 6.91. The smallest absolute Gasteiger partial charge is 0.417 e. The zero-order valence-electron chi connectivity index (χ0n) is 11.5. The Morgan fingerprint density at radius 3 is 2.30 bits per heavy atom. The lowest BCUT2D eigenvalue weighted by molar-refractivity contribution is -0.148. The lowest BCUT2D eigenvalue weighted by atomic mass is 10.3. The highest BCUT2D eigenvalue weighted by atomic mass is 19.4. The van der Waals surface area contributed by atoms with Gasteiger partial charge in [0.05, 0.1) is 5.56 Å². The summed E-state index contributed by atoms with van der Waals surface area (Å²) in [5.41, 5.74) is -0.990. The summed E-state index contributed by atoms with van der Waals surface area (Å²) >= 11 is 0. The number of aromatic nitrogens is 1. The number of carbonyl (C=O) groups excluding carboxylic acids is 2. The fourth-order valence-corrected chi connectivity index (χ4v) is 1.48. The van der Waals surface area contributed by atoms with Crippen molar-refractivity contribution in [2.75, 3.05) is 6.61 Å². The van der Waals surface area contributed by atoms with Gasteiger partial charge in [0.2, 0.25) is 5.88 Å². The van der Waals surface area contributed by atoms with Gasteiger partial charge >= 0.3 is 12.1 Å². The Hall–Kier alpha value is -2.90. The molecule has 0 spiro atoms. The molecule has 0 aliphatic heterocycles. The van der Waals surface area contributed by atoms with Crippen LogP contribution < -0.4 is 9.47 Å². The molecule has 0 saturated heterocycles. The second-order valence-corrected chi connectivity index (χ2v) is 4.30. The molecule has 2 aromatic rings. The van der Waals surface area contributed by atoms with Crippen LogP contribution in [0.5, 0.6) is 11.6 Å². The number of nitrogens with zero attached hydrogens (tertiary/aromatic N) is 1. The SMILES string of the molecule is O=C(COc1ccccc1)C(=O)Oc1ccc(C(F)(F)F)cn1. The molecule has 0 fully saturated rings. The minimum absolute atomic E-state index is 0.390. The van der Waals surface area contributed by atoms with Gasteiger partial charge in [-0.2, -0.15) is 13.2 Å². The van der Waals surface area contributed by atoms with Gasteiger partial charge in [0, 0.05) is 12.3 Å². The van der Waals surface area contributed by atoms with E-state index in [9.17, 15) is 22.8 Å². The maximum absolute atomic E-state index is 12.4. The average Bonchev–Trinajstić information content (AvgIpc) is 2.53. The van der Waals surface area contributed by atoms with E-state index >= 15 is 0 Å². The third kappa shape index (κ3) is 4.80. The molecule has 0 N–H and O–H groups in total. The first-order chi connectivity index (χ1) is 10.9. The monoisotopic (exact) mass is 325 g/mol. The molecule has 0 aliphatic carbocycles. The Balaban J connectivity index is 1.89. The molecule has 1 heterocycles. The van der Waals surface area contributed by atoms with Crippen molar-refractivity contribution in [3.05, 3.63) is 54.2 Å². The molecule has 0 saturated carbocycles. The molecule has 23 heavy (non-hydrogen) atoms. The van der Waals surface area contributed by atoms with Crippen molar-refractivity contribution in [3.8, 4) is 11.6 Å². The lowest BCUT2D eigenvalue weighted by Gasteiger charge is -2.07. The minimum atomic E-state index is -4.55. The van der Waals surface area contributed by atoms with Crippen LogP contribution in [0, 0.1) is 0 Å². The van der Waals surface area contributed by atoms with Gasteiger partial charge in [0.15, 0.2) is 6.61 Å². The predicted molar refractivity (Wildman–Crippen MR) is 71.8 cm³/mol. The molecule has 2 rings (SSSR count). The number of esters is 1. The molecule has 0 bridgehead atoms. The summed E-state index contributed by atoms with van der Waals surface area (Å²) < 4.78 is 46.7. The summed E-state index contributed by atoms with van der Waals surface area (Å²) in [5.74, 6) is -2.28. The van der Waals surface area contributed by atoms with Crippen LogP contribution in [-0.4, -0.2) is 23.3 Å². The van der Waals surface area contributed by atoms with Gasteiger partial charge in [-0.25, -0.2) is 9.78 Å². The van der Waals surface area contributed by atoms with Crippen molar-refractivity contribution in [2.24, 2.45) is 0 Å². The van der Waals surface area contributed by atoms with E-state index in [2.05, 4.69) is 9.72 Å². The van der Waals surface area contributed by atoms with Crippen molar-refractivity contribution in [1.82, 2.24) is 4.98 Å². The normalized spacial score (nSPS) is 10.9. The van der Waals surface area contributed by atoms with Gasteiger partial charge < -0.3 is 9.47 Å². The number of pyridine rings is 1. The van der Waals surface area contributed by atoms with E-state index in [1.807, 2.05) is 0 Å². The van der Waals surface area contributed by atoms with Gasteiger partial charge in [0.1, 0.15) is 5.75 Å². The van der Waals surface area contributed by atoms with Gasteiger partial charge in [0.25, 0.3) is 5.78 Å². The summed E-state index contributed by atoms with van der Waals surface area (Å²) in [6.07, 6.45) is -4.04. The van der Waals surface area contributed by atoms with E-state index in [0.717, 1.165) is 6.07 Å². The van der Waals surface area contributed by atoms with Crippen LogP contribution in [0.1, 0.15) is 5.56 Å². The molecule has 0 amide bonds. The summed E-state index contributed by atoms with van der Waals surface area (Å²) in [5, 5.41) is 0. The quantitative estimate of drug-likeness (QED) is 0.624. The van der Waals surface area contributed by atoms with Crippen LogP contribution in [0.25, 0.3) is 0 Å². The molecule has 0 atom stereocenters. The van der Waals surface area contributed by atoms with Gasteiger partial charge in [-0.15, -0.1) is 0 Å². The number of hydrogen-bond acceptors (Lipinski definition) is 5. The summed E-state index contributed by atoms with van der Waals surface area (Å²) in [4.78, 5) is 26.4. The van der Waals surface area contributed by atoms with E-state index in [1.54, 1.807) is 30.3 Å². The van der Waals surface area contributed by atoms with E-state index in [4.69, 9.17) is 4.74 Å². The third-order valence-corrected chi connectivity index (χ3v) is 2.60. The number of Topliss-reactive ketones (excluding diaryl/α,β-unsaturated/α-hetero) is 1. The lowest BCUT2D eigenvalue weighted by Crippen LogP contribution is -2.26. The van der Waals surface area contributed by atoms with Crippen LogP contribution in [0.3, 0.4) is 0 Å². The highest BCUT2D eigenvalue weighted by molar-refractivity contribution is 6.34. The Morgan fingerprint density at radius 1 is 1.04 bits per heavy atom. The minimum Gasteiger partial charge on any atom is -0.485 e. The third-order valence-electron chi connectivity index (χ3n) is 2.60. The number of ether oxygens (including phenoxy) is 2. The zero-order chi connectivity index (χ0) is 16.9. The topological polar surface area (TPSA) is 65.5 Å². The van der Waals surface area contributed by atoms with Crippen LogP contribution in [-0.2, 0) is 15.8 Å². The van der Waals surface area contributed by atoms with Gasteiger partial charge in [-0.05, 0) is 18.2 Å². The molecule has 5 nitrogen and oxygen atoms in total. The molecular weight excluding hydrogens is 315 g/mol. The molecule has 8 heteroatoms. The number of rotatable bonds is 5. The average molecular weight is 325 g/mol. The molecule has 120 valence electrons. The number of para-hydroxylation sites is 1. The maximum Gasteiger partial charge on any atom is 0.417 e. The Morgan fingerprint density at radius 2 is 1.74 bits per heavy atom. The molecular formula is C15H10F3NO4. The molecule has 0 unspecified atom stereocenters. The Kier molecular flexibility index (Phi) is 4.95. The van der Waals surface area contributed by atoms with Gasteiger partial charge in [-0.1, -0.05) is 18.2 Å². The van der Waals surface area contributed by atoms with Crippen molar-refractivity contribution in [3.63, 3.8) is 0 Å². The predicted octanol–water partition coefficient (Wildman–Crippen LogP) is 2.65. The van der Waals surface area contributed by atoms with Crippen molar-refractivity contribution in [1.29, 1.82) is 0 Å². The number of alkyl halides is 3. The number of carbonyl (C=O) groups is 2. The first kappa shape index (κ1) is 16.5. The summed E-state index contributed by atoms with van der Waals surface area (Å²) in [6, 6.07) is 9.85. The number of hydrogen-bond donors (Lipinski definition) is 0. The molecule has 0 radical (unpaired) electrons. The van der Waals surface area contributed by atoms with E-state index in [1.165, 1.54) is 0 Å². The molecule has 1 aromatic carbocycles. The van der Waals surface area contributed by atoms with Crippen LogP contribution in [0.2, 0.25) is 0 Å². The largest absolute Gasteiger partial charge is 0.485 e. The number of halogens is 3. The zero-order valence-corrected chi connectivity index (χ0v) is 11.5. The summed E-state index contributed by atoms with van der Waals surface area (Å²) in [6.45, 7) is -0.552. The standard InChI is InChI=1S/C15H10F3NO4/c16-15(17,18)10-6-7-13(19-8-10)23-14(21)12(20)9-22-11-4-2-1-3-5-11/h1-8H,9H2. The Labute approximate surface area is 128 Å². The first-order valence-electron chi connectivity index (χ1n) is 6.32. The highest BCUT2D eigenvalue weighted by Crippen LogP contribution is 2.29. The molecule has 0 aliphatic rings. The van der Waals surface area contributed by atoms with E-state index in [0.29, 0.717) is 18.0 Å². The Bertz CT molecular complexity index is 684. The van der Waals surface area contributed by atoms with Crippen LogP contribution in [0.15, 0.2) is 48.7 Å². The molecule has 1 aromatic heterocycles. The fourth-order valence-electron chi connectivity index (χ4n) is 1.48. The highest BCUT2D eigenvalue weighted by Gasteiger charge is 2.31. The van der Waals surface area contributed by atoms with Crippen LogP contribution >= 0.6 is 0 Å². The van der Waals surface area contributed by atoms with Crippen molar-refractivity contribution < 1.29 is 32.2 Å². The summed E-state index contributed by atoms with van der Waals surface area (Å²) in [7, 11) is 0. The second-order valence-electron chi connectivity index (χ2n) is 4.30. The fraction of sp³-hybridized carbons (Fsp3) is 0.133. The number of ketones is 1.